The maximum atomic E-state index is 5.80. The van der Waals surface area contributed by atoms with Crippen LogP contribution in [-0.4, -0.2) is 44.3 Å². The van der Waals surface area contributed by atoms with Gasteiger partial charge in [0.15, 0.2) is 0 Å². The lowest BCUT2D eigenvalue weighted by molar-refractivity contribution is 0.0726. The molecular weight excluding hydrogens is 176 g/mol. The van der Waals surface area contributed by atoms with Gasteiger partial charge in [0, 0.05) is 25.7 Å². The van der Waals surface area contributed by atoms with Crippen molar-refractivity contribution < 1.29 is 4.74 Å². The Morgan fingerprint density at radius 3 is 2.29 bits per heavy atom. The van der Waals surface area contributed by atoms with Gasteiger partial charge in [0.2, 0.25) is 0 Å². The lowest BCUT2D eigenvalue weighted by Crippen LogP contribution is -2.48. The standard InChI is InChI=1S/C11H26N2O/c1-6-9(2)11(7-12)13(4)10(3)8-14-5/h9-11H,6-8,12H2,1-5H3. The van der Waals surface area contributed by atoms with E-state index in [1.807, 2.05) is 0 Å². The van der Waals surface area contributed by atoms with Gasteiger partial charge < -0.3 is 10.5 Å². The van der Waals surface area contributed by atoms with Crippen LogP contribution < -0.4 is 5.73 Å². The van der Waals surface area contributed by atoms with E-state index < -0.39 is 0 Å². The van der Waals surface area contributed by atoms with Crippen molar-refractivity contribution in [2.45, 2.75) is 39.3 Å². The predicted molar refractivity (Wildman–Crippen MR) is 61.4 cm³/mol. The van der Waals surface area contributed by atoms with E-state index in [1.165, 1.54) is 6.42 Å². The van der Waals surface area contributed by atoms with Gasteiger partial charge in [-0.05, 0) is 19.9 Å². The molecule has 0 aromatic carbocycles. The van der Waals surface area contributed by atoms with Crippen LogP contribution in [0.2, 0.25) is 0 Å². The number of rotatable bonds is 7. The molecule has 3 unspecified atom stereocenters. The van der Waals surface area contributed by atoms with Crippen LogP contribution in [0.3, 0.4) is 0 Å². The first-order chi connectivity index (χ1) is 6.58. The van der Waals surface area contributed by atoms with Gasteiger partial charge >= 0.3 is 0 Å². The molecule has 0 saturated carbocycles. The predicted octanol–water partition coefficient (Wildman–Crippen LogP) is 1.33. The normalized spacial score (nSPS) is 18.2. The van der Waals surface area contributed by atoms with Gasteiger partial charge in [-0.15, -0.1) is 0 Å². The number of nitrogens with zero attached hydrogens (tertiary/aromatic N) is 1. The largest absolute Gasteiger partial charge is 0.383 e. The summed E-state index contributed by atoms with van der Waals surface area (Å²) in [6.45, 7) is 8.13. The summed E-state index contributed by atoms with van der Waals surface area (Å²) in [5.74, 6) is 0.643. The lowest BCUT2D eigenvalue weighted by Gasteiger charge is -2.35. The molecule has 3 nitrogen and oxygen atoms in total. The van der Waals surface area contributed by atoms with E-state index in [1.54, 1.807) is 7.11 Å². The third-order valence-corrected chi connectivity index (χ3v) is 3.17. The Morgan fingerprint density at radius 2 is 1.93 bits per heavy atom. The minimum atomic E-state index is 0.433. The molecule has 0 aromatic heterocycles. The van der Waals surface area contributed by atoms with Crippen LogP contribution in [0.4, 0.5) is 0 Å². The van der Waals surface area contributed by atoms with E-state index in [2.05, 4.69) is 32.7 Å². The highest BCUT2D eigenvalue weighted by Gasteiger charge is 2.22. The van der Waals surface area contributed by atoms with Crippen LogP contribution in [0.15, 0.2) is 0 Å². The molecule has 0 radical (unpaired) electrons. The first kappa shape index (κ1) is 13.9. The molecule has 14 heavy (non-hydrogen) atoms. The van der Waals surface area contributed by atoms with E-state index in [4.69, 9.17) is 10.5 Å². The third kappa shape index (κ3) is 3.95. The van der Waals surface area contributed by atoms with Crippen molar-refractivity contribution in [2.75, 3.05) is 27.3 Å². The second kappa shape index (κ2) is 7.21. The molecule has 3 heteroatoms. The average molecular weight is 202 g/mol. The Balaban J connectivity index is 4.21. The summed E-state index contributed by atoms with van der Waals surface area (Å²) in [6, 6.07) is 0.896. The fraction of sp³-hybridized carbons (Fsp3) is 1.00. The Bertz CT molecular complexity index is 141. The topological polar surface area (TPSA) is 38.5 Å². The summed E-state index contributed by atoms with van der Waals surface area (Å²) in [6.07, 6.45) is 1.17. The second-order valence-electron chi connectivity index (χ2n) is 4.16. The van der Waals surface area contributed by atoms with E-state index in [-0.39, 0.29) is 0 Å². The summed E-state index contributed by atoms with van der Waals surface area (Å²) in [5, 5.41) is 0. The van der Waals surface area contributed by atoms with E-state index >= 15 is 0 Å². The van der Waals surface area contributed by atoms with Crippen molar-refractivity contribution in [1.82, 2.24) is 4.90 Å². The van der Waals surface area contributed by atoms with Gasteiger partial charge in [-0.3, -0.25) is 4.90 Å². The third-order valence-electron chi connectivity index (χ3n) is 3.17. The summed E-state index contributed by atoms with van der Waals surface area (Å²) in [5.41, 5.74) is 5.80. The number of ether oxygens (including phenoxy) is 1. The zero-order valence-electron chi connectivity index (χ0n) is 10.3. The quantitative estimate of drug-likeness (QED) is 0.677. The van der Waals surface area contributed by atoms with Crippen molar-refractivity contribution in [3.8, 4) is 0 Å². The first-order valence-corrected chi connectivity index (χ1v) is 5.49. The number of nitrogens with two attached hydrogens (primary N) is 1. The van der Waals surface area contributed by atoms with Crippen molar-refractivity contribution >= 4 is 0 Å². The average Bonchev–Trinajstić information content (AvgIpc) is 2.18. The van der Waals surface area contributed by atoms with Gasteiger partial charge in [-0.1, -0.05) is 20.3 Å². The molecule has 0 aromatic rings. The fourth-order valence-corrected chi connectivity index (χ4v) is 1.76. The van der Waals surface area contributed by atoms with E-state index in [0.29, 0.717) is 18.0 Å². The SMILES string of the molecule is CCC(C)C(CN)N(C)C(C)COC. The van der Waals surface area contributed by atoms with Crippen molar-refractivity contribution in [1.29, 1.82) is 0 Å². The van der Waals surface area contributed by atoms with E-state index in [0.717, 1.165) is 13.2 Å². The highest BCUT2D eigenvalue weighted by molar-refractivity contribution is 4.78. The zero-order chi connectivity index (χ0) is 11.1. The lowest BCUT2D eigenvalue weighted by atomic mass is 9.97. The summed E-state index contributed by atoms with van der Waals surface area (Å²) in [7, 11) is 3.87. The summed E-state index contributed by atoms with van der Waals surface area (Å²) in [4.78, 5) is 2.33. The molecule has 0 bridgehead atoms. The minimum Gasteiger partial charge on any atom is -0.383 e. The molecule has 0 amide bonds. The van der Waals surface area contributed by atoms with Gasteiger partial charge in [-0.25, -0.2) is 0 Å². The van der Waals surface area contributed by atoms with Crippen LogP contribution in [0.25, 0.3) is 0 Å². The highest BCUT2D eigenvalue weighted by atomic mass is 16.5. The van der Waals surface area contributed by atoms with Gasteiger partial charge in [0.1, 0.15) is 0 Å². The Kier molecular flexibility index (Phi) is 7.15. The smallest absolute Gasteiger partial charge is 0.0615 e. The number of likely N-dealkylation sites (N-methyl/N-ethyl adjacent to an activating group) is 1. The van der Waals surface area contributed by atoms with Crippen LogP contribution in [0.1, 0.15) is 27.2 Å². The monoisotopic (exact) mass is 202 g/mol. The molecule has 0 rings (SSSR count). The molecule has 0 aliphatic carbocycles. The maximum absolute atomic E-state index is 5.80. The van der Waals surface area contributed by atoms with Crippen molar-refractivity contribution in [3.05, 3.63) is 0 Å². The zero-order valence-corrected chi connectivity index (χ0v) is 10.3. The van der Waals surface area contributed by atoms with Crippen molar-refractivity contribution in [3.63, 3.8) is 0 Å². The van der Waals surface area contributed by atoms with Gasteiger partial charge in [0.25, 0.3) is 0 Å². The number of hydrogen-bond acceptors (Lipinski definition) is 3. The maximum Gasteiger partial charge on any atom is 0.0615 e. The molecular formula is C11H26N2O. The fourth-order valence-electron chi connectivity index (χ4n) is 1.76. The molecule has 0 heterocycles. The molecule has 3 atom stereocenters. The molecule has 0 spiro atoms. The second-order valence-corrected chi connectivity index (χ2v) is 4.16. The molecule has 0 saturated heterocycles. The Hall–Kier alpha value is -0.120. The van der Waals surface area contributed by atoms with Crippen LogP contribution in [-0.2, 0) is 4.74 Å². The Morgan fingerprint density at radius 1 is 1.36 bits per heavy atom. The first-order valence-electron chi connectivity index (χ1n) is 5.49. The minimum absolute atomic E-state index is 0.433. The summed E-state index contributed by atoms with van der Waals surface area (Å²) >= 11 is 0. The van der Waals surface area contributed by atoms with Gasteiger partial charge in [-0.2, -0.15) is 0 Å². The molecule has 86 valence electrons. The summed E-state index contributed by atoms with van der Waals surface area (Å²) < 4.78 is 5.15. The van der Waals surface area contributed by atoms with Crippen LogP contribution in [0.5, 0.6) is 0 Å². The van der Waals surface area contributed by atoms with Crippen LogP contribution in [0, 0.1) is 5.92 Å². The van der Waals surface area contributed by atoms with E-state index in [9.17, 15) is 0 Å². The molecule has 0 aliphatic rings. The number of methoxy groups -OCH3 is 1. The van der Waals surface area contributed by atoms with Gasteiger partial charge in [0.05, 0.1) is 6.61 Å². The molecule has 2 N–H and O–H groups in total. The molecule has 0 fully saturated rings. The van der Waals surface area contributed by atoms with Crippen LogP contribution >= 0.6 is 0 Å². The number of hydrogen-bond donors (Lipinski definition) is 1. The van der Waals surface area contributed by atoms with Crippen molar-refractivity contribution in [2.24, 2.45) is 11.7 Å². The Labute approximate surface area is 88.6 Å². The highest BCUT2D eigenvalue weighted by Crippen LogP contribution is 2.14. The molecule has 0 aliphatic heterocycles.